The summed E-state index contributed by atoms with van der Waals surface area (Å²) in [4.78, 5) is 27.8. The van der Waals surface area contributed by atoms with E-state index in [0.29, 0.717) is 24.7 Å². The van der Waals surface area contributed by atoms with Gasteiger partial charge in [0, 0.05) is 25.9 Å². The first-order chi connectivity index (χ1) is 8.52. The van der Waals surface area contributed by atoms with Crippen LogP contribution in [0.3, 0.4) is 0 Å². The summed E-state index contributed by atoms with van der Waals surface area (Å²) < 4.78 is 4.90. The van der Waals surface area contributed by atoms with Gasteiger partial charge in [0.2, 0.25) is 11.8 Å². The van der Waals surface area contributed by atoms with Crippen LogP contribution in [0.25, 0.3) is 0 Å². The van der Waals surface area contributed by atoms with E-state index >= 15 is 0 Å². The van der Waals surface area contributed by atoms with Crippen LogP contribution < -0.4 is 0 Å². The molecule has 0 spiro atoms. The number of aryl methyl sites for hydroxylation is 2. The van der Waals surface area contributed by atoms with Gasteiger partial charge in [0.15, 0.2) is 5.82 Å². The molecule has 1 aromatic rings. The molecule has 1 heterocycles. The number of amides is 1. The minimum absolute atomic E-state index is 0.0424. The Labute approximate surface area is 105 Å². The van der Waals surface area contributed by atoms with Gasteiger partial charge in [-0.25, -0.2) is 0 Å². The molecular weight excluding hydrogens is 238 g/mol. The van der Waals surface area contributed by atoms with Crippen LogP contribution in [0.5, 0.6) is 0 Å². The molecule has 0 saturated heterocycles. The molecule has 100 valence electrons. The van der Waals surface area contributed by atoms with Gasteiger partial charge in [-0.15, -0.1) is 0 Å². The topological polar surface area (TPSA) is 96.5 Å². The van der Waals surface area contributed by atoms with Gasteiger partial charge in [-0.1, -0.05) is 5.16 Å². The molecule has 1 N–H and O–H groups in total. The van der Waals surface area contributed by atoms with Crippen molar-refractivity contribution < 1.29 is 19.2 Å². The number of carbonyl (C=O) groups is 2. The fourth-order valence-corrected chi connectivity index (χ4v) is 1.50. The second-order valence-electron chi connectivity index (χ2n) is 3.85. The van der Waals surface area contributed by atoms with E-state index in [4.69, 9.17) is 9.63 Å². The van der Waals surface area contributed by atoms with E-state index in [1.165, 1.54) is 4.90 Å². The lowest BCUT2D eigenvalue weighted by Gasteiger charge is -2.19. The molecule has 0 aliphatic heterocycles. The molecule has 1 rings (SSSR count). The van der Waals surface area contributed by atoms with Crippen molar-refractivity contribution in [3.63, 3.8) is 0 Å². The summed E-state index contributed by atoms with van der Waals surface area (Å²) in [5.41, 5.74) is 0. The van der Waals surface area contributed by atoms with Crippen LogP contribution >= 0.6 is 0 Å². The lowest BCUT2D eigenvalue weighted by Crippen LogP contribution is -2.33. The molecule has 1 amide bonds. The molecule has 0 aliphatic carbocycles. The number of hydrogen-bond donors (Lipinski definition) is 1. The van der Waals surface area contributed by atoms with E-state index in [-0.39, 0.29) is 25.3 Å². The second-order valence-corrected chi connectivity index (χ2v) is 3.85. The quantitative estimate of drug-likeness (QED) is 0.767. The Morgan fingerprint density at radius 1 is 1.39 bits per heavy atom. The second kappa shape index (κ2) is 6.73. The van der Waals surface area contributed by atoms with Crippen molar-refractivity contribution in [3.8, 4) is 0 Å². The number of carbonyl (C=O) groups excluding carboxylic acids is 1. The highest BCUT2D eigenvalue weighted by atomic mass is 16.5. The fraction of sp³-hybridized carbons (Fsp3) is 0.636. The highest BCUT2D eigenvalue weighted by Crippen LogP contribution is 2.03. The molecule has 0 atom stereocenters. The summed E-state index contributed by atoms with van der Waals surface area (Å²) in [5, 5.41) is 12.2. The zero-order valence-electron chi connectivity index (χ0n) is 10.5. The Kier molecular flexibility index (Phi) is 5.29. The summed E-state index contributed by atoms with van der Waals surface area (Å²) in [6.45, 7) is 4.25. The molecule has 1 aromatic heterocycles. The summed E-state index contributed by atoms with van der Waals surface area (Å²) >= 11 is 0. The Morgan fingerprint density at radius 2 is 2.11 bits per heavy atom. The molecule has 0 saturated carbocycles. The number of aliphatic carboxylic acids is 1. The van der Waals surface area contributed by atoms with Gasteiger partial charge < -0.3 is 14.5 Å². The number of rotatable bonds is 7. The van der Waals surface area contributed by atoms with E-state index in [1.54, 1.807) is 6.92 Å². The molecule has 0 bridgehead atoms. The summed E-state index contributed by atoms with van der Waals surface area (Å²) in [6, 6.07) is 0. The van der Waals surface area contributed by atoms with Crippen LogP contribution in [-0.2, 0) is 16.0 Å². The largest absolute Gasteiger partial charge is 0.481 e. The first kappa shape index (κ1) is 14.1. The molecule has 0 fully saturated rings. The predicted molar refractivity (Wildman–Crippen MR) is 61.9 cm³/mol. The van der Waals surface area contributed by atoms with E-state index < -0.39 is 5.97 Å². The maximum Gasteiger partial charge on any atom is 0.305 e. The summed E-state index contributed by atoms with van der Waals surface area (Å²) in [5.74, 6) is -0.0470. The third-order valence-corrected chi connectivity index (χ3v) is 2.45. The smallest absolute Gasteiger partial charge is 0.305 e. The van der Waals surface area contributed by atoms with Gasteiger partial charge in [0.25, 0.3) is 0 Å². The molecule has 18 heavy (non-hydrogen) atoms. The van der Waals surface area contributed by atoms with Crippen LogP contribution in [0.2, 0.25) is 0 Å². The highest BCUT2D eigenvalue weighted by Gasteiger charge is 2.14. The zero-order valence-corrected chi connectivity index (χ0v) is 10.5. The van der Waals surface area contributed by atoms with Gasteiger partial charge in [-0.05, 0) is 13.8 Å². The van der Waals surface area contributed by atoms with Crippen LogP contribution in [-0.4, -0.2) is 45.1 Å². The zero-order chi connectivity index (χ0) is 13.5. The van der Waals surface area contributed by atoms with E-state index in [1.807, 2.05) is 6.92 Å². The van der Waals surface area contributed by atoms with Crippen LogP contribution in [0.1, 0.15) is 31.5 Å². The average Bonchev–Trinajstić information content (AvgIpc) is 2.73. The summed E-state index contributed by atoms with van der Waals surface area (Å²) in [6.07, 6.45) is 0.581. The first-order valence-electron chi connectivity index (χ1n) is 5.81. The van der Waals surface area contributed by atoms with Crippen molar-refractivity contribution in [1.29, 1.82) is 0 Å². The molecule has 7 heteroatoms. The van der Waals surface area contributed by atoms with E-state index in [0.717, 1.165) is 0 Å². The van der Waals surface area contributed by atoms with Crippen molar-refractivity contribution in [3.05, 3.63) is 11.7 Å². The number of nitrogens with zero attached hydrogens (tertiary/aromatic N) is 3. The monoisotopic (exact) mass is 255 g/mol. The van der Waals surface area contributed by atoms with Crippen LogP contribution in [0, 0.1) is 6.92 Å². The standard InChI is InChI=1S/C11H17N3O4/c1-3-14(7-6-11(16)17)10(15)5-4-9-12-8(2)13-18-9/h3-7H2,1-2H3,(H,16,17). The average molecular weight is 255 g/mol. The first-order valence-corrected chi connectivity index (χ1v) is 5.81. The maximum atomic E-state index is 11.8. The Hall–Kier alpha value is -1.92. The van der Waals surface area contributed by atoms with Crippen molar-refractivity contribution in [2.45, 2.75) is 33.1 Å². The fourth-order valence-electron chi connectivity index (χ4n) is 1.50. The van der Waals surface area contributed by atoms with Crippen molar-refractivity contribution >= 4 is 11.9 Å². The van der Waals surface area contributed by atoms with Crippen molar-refractivity contribution in [2.75, 3.05) is 13.1 Å². The number of aromatic nitrogens is 2. The lowest BCUT2D eigenvalue weighted by atomic mass is 10.2. The molecular formula is C11H17N3O4. The van der Waals surface area contributed by atoms with E-state index in [2.05, 4.69) is 10.1 Å². The molecule has 0 radical (unpaired) electrons. The third-order valence-electron chi connectivity index (χ3n) is 2.45. The predicted octanol–water partition coefficient (Wildman–Crippen LogP) is 0.634. The minimum atomic E-state index is -0.909. The van der Waals surface area contributed by atoms with Gasteiger partial charge in [0.05, 0.1) is 6.42 Å². The molecule has 0 unspecified atom stereocenters. The lowest BCUT2D eigenvalue weighted by molar-refractivity contribution is -0.138. The number of carboxylic acid groups (broad SMARTS) is 1. The van der Waals surface area contributed by atoms with E-state index in [9.17, 15) is 9.59 Å². The van der Waals surface area contributed by atoms with Crippen molar-refractivity contribution in [1.82, 2.24) is 15.0 Å². The third kappa shape index (κ3) is 4.52. The maximum absolute atomic E-state index is 11.8. The normalized spacial score (nSPS) is 10.3. The van der Waals surface area contributed by atoms with Gasteiger partial charge in [-0.2, -0.15) is 4.98 Å². The SMILES string of the molecule is CCN(CCC(=O)O)C(=O)CCc1nc(C)no1. The highest BCUT2D eigenvalue weighted by molar-refractivity contribution is 5.77. The minimum Gasteiger partial charge on any atom is -0.481 e. The van der Waals surface area contributed by atoms with Crippen LogP contribution in [0.15, 0.2) is 4.52 Å². The Bertz CT molecular complexity index is 416. The summed E-state index contributed by atoms with van der Waals surface area (Å²) in [7, 11) is 0. The number of hydrogen-bond acceptors (Lipinski definition) is 5. The van der Waals surface area contributed by atoms with Gasteiger partial charge >= 0.3 is 5.97 Å². The van der Waals surface area contributed by atoms with Crippen LogP contribution in [0.4, 0.5) is 0 Å². The molecule has 0 aliphatic rings. The van der Waals surface area contributed by atoms with Gasteiger partial charge in [0.1, 0.15) is 0 Å². The van der Waals surface area contributed by atoms with Crippen molar-refractivity contribution in [2.24, 2.45) is 0 Å². The number of carboxylic acids is 1. The Balaban J connectivity index is 2.39. The molecule has 0 aromatic carbocycles. The van der Waals surface area contributed by atoms with Gasteiger partial charge in [-0.3, -0.25) is 9.59 Å². The Morgan fingerprint density at radius 3 is 2.61 bits per heavy atom. The molecule has 7 nitrogen and oxygen atoms in total.